The number of fused-ring (bicyclic) bond motifs is 1. The molecule has 2 heterocycles. The van der Waals surface area contributed by atoms with Crippen molar-refractivity contribution >= 4 is 11.8 Å². The lowest BCUT2D eigenvalue weighted by molar-refractivity contribution is -0.131. The third-order valence-corrected chi connectivity index (χ3v) is 5.11. The van der Waals surface area contributed by atoms with Crippen molar-refractivity contribution in [2.75, 3.05) is 13.1 Å². The Morgan fingerprint density at radius 1 is 1.37 bits per heavy atom. The van der Waals surface area contributed by atoms with Crippen LogP contribution in [0.5, 0.6) is 0 Å². The van der Waals surface area contributed by atoms with E-state index in [0.717, 1.165) is 17.7 Å². The number of benzene rings is 1. The minimum absolute atomic E-state index is 0.00933. The molecule has 7 heteroatoms. The minimum Gasteiger partial charge on any atom is -0.350 e. The molecule has 2 aromatic rings. The fraction of sp³-hybridized carbons (Fsp3) is 0.450. The lowest BCUT2D eigenvalue weighted by Gasteiger charge is -2.27. The number of hydrogen-bond acceptors (Lipinski definition) is 3. The van der Waals surface area contributed by atoms with Crippen molar-refractivity contribution in [2.45, 2.75) is 39.7 Å². The number of aromatic amines is 1. The Morgan fingerprint density at radius 3 is 2.89 bits per heavy atom. The van der Waals surface area contributed by atoms with Crippen molar-refractivity contribution in [3.8, 4) is 0 Å². The van der Waals surface area contributed by atoms with Gasteiger partial charge < -0.3 is 10.2 Å². The van der Waals surface area contributed by atoms with Gasteiger partial charge in [-0.1, -0.05) is 38.5 Å². The molecule has 0 bridgehead atoms. The first kappa shape index (κ1) is 19.1. The summed E-state index contributed by atoms with van der Waals surface area (Å²) in [6, 6.07) is 6.29. The summed E-state index contributed by atoms with van der Waals surface area (Å²) in [7, 11) is 0. The van der Waals surface area contributed by atoms with Crippen LogP contribution in [0.1, 0.15) is 47.6 Å². The van der Waals surface area contributed by atoms with E-state index in [0.29, 0.717) is 43.2 Å². The van der Waals surface area contributed by atoms with Crippen molar-refractivity contribution < 1.29 is 14.0 Å². The first-order valence-corrected chi connectivity index (χ1v) is 9.35. The van der Waals surface area contributed by atoms with Gasteiger partial charge in [0, 0.05) is 37.3 Å². The predicted octanol–water partition coefficient (Wildman–Crippen LogP) is 2.45. The number of carbonyl (C=O) groups excluding carboxylic acids is 2. The second-order valence-corrected chi connectivity index (χ2v) is 7.09. The zero-order chi connectivity index (χ0) is 19.4. The summed E-state index contributed by atoms with van der Waals surface area (Å²) in [5, 5.41) is 9.98. The fourth-order valence-corrected chi connectivity index (χ4v) is 3.11. The first-order valence-electron chi connectivity index (χ1n) is 9.35. The van der Waals surface area contributed by atoms with E-state index in [1.807, 2.05) is 0 Å². The molecule has 1 unspecified atom stereocenters. The van der Waals surface area contributed by atoms with Crippen LogP contribution < -0.4 is 5.32 Å². The molecule has 27 heavy (non-hydrogen) atoms. The molecule has 0 radical (unpaired) electrons. The Labute approximate surface area is 158 Å². The van der Waals surface area contributed by atoms with E-state index in [1.54, 1.807) is 23.1 Å². The minimum atomic E-state index is -0.378. The van der Waals surface area contributed by atoms with Gasteiger partial charge in [-0.05, 0) is 17.5 Å². The number of aromatic nitrogens is 2. The van der Waals surface area contributed by atoms with Gasteiger partial charge in [0.15, 0.2) is 5.69 Å². The molecule has 3 rings (SSSR count). The van der Waals surface area contributed by atoms with Gasteiger partial charge in [0.2, 0.25) is 5.91 Å². The van der Waals surface area contributed by atoms with Gasteiger partial charge in [-0.15, -0.1) is 0 Å². The second kappa shape index (κ2) is 8.33. The van der Waals surface area contributed by atoms with E-state index < -0.39 is 0 Å². The number of carbonyl (C=O) groups is 2. The van der Waals surface area contributed by atoms with Gasteiger partial charge in [0.25, 0.3) is 5.91 Å². The summed E-state index contributed by atoms with van der Waals surface area (Å²) < 4.78 is 13.8. The summed E-state index contributed by atoms with van der Waals surface area (Å²) in [6.07, 6.45) is 1.59. The third-order valence-electron chi connectivity index (χ3n) is 5.11. The lowest BCUT2D eigenvalue weighted by Crippen LogP contribution is -2.38. The SMILES string of the molecule is CCC(C)CNC(=O)c1n[nH]c2c1CN(C(=O)Cc1ccccc1F)CC2. The van der Waals surface area contributed by atoms with E-state index in [2.05, 4.69) is 29.4 Å². The van der Waals surface area contributed by atoms with Crippen molar-refractivity contribution in [2.24, 2.45) is 5.92 Å². The maximum atomic E-state index is 13.8. The van der Waals surface area contributed by atoms with Crippen LogP contribution in [0.15, 0.2) is 24.3 Å². The van der Waals surface area contributed by atoms with Crippen molar-refractivity contribution in [3.05, 3.63) is 52.6 Å². The number of H-pyrrole nitrogens is 1. The molecular formula is C20H25FN4O2. The van der Waals surface area contributed by atoms with Crippen LogP contribution in [0, 0.1) is 11.7 Å². The Kier molecular flexibility index (Phi) is 5.88. The Bertz CT molecular complexity index is 833. The van der Waals surface area contributed by atoms with Crippen molar-refractivity contribution in [3.63, 3.8) is 0 Å². The van der Waals surface area contributed by atoms with Crippen molar-refractivity contribution in [1.29, 1.82) is 0 Å². The zero-order valence-corrected chi connectivity index (χ0v) is 15.7. The number of amides is 2. The predicted molar refractivity (Wildman–Crippen MR) is 99.6 cm³/mol. The zero-order valence-electron chi connectivity index (χ0n) is 15.7. The largest absolute Gasteiger partial charge is 0.350 e. The first-order chi connectivity index (χ1) is 13.0. The molecule has 1 aliphatic rings. The molecule has 0 spiro atoms. The quantitative estimate of drug-likeness (QED) is 0.818. The van der Waals surface area contributed by atoms with E-state index in [1.165, 1.54) is 6.07 Å². The van der Waals surface area contributed by atoms with Crippen LogP contribution in [-0.2, 0) is 24.2 Å². The summed E-state index contributed by atoms with van der Waals surface area (Å²) in [4.78, 5) is 26.7. The highest BCUT2D eigenvalue weighted by molar-refractivity contribution is 5.94. The highest BCUT2D eigenvalue weighted by Crippen LogP contribution is 2.21. The van der Waals surface area contributed by atoms with E-state index in [9.17, 15) is 14.0 Å². The normalized spacial score (nSPS) is 14.6. The van der Waals surface area contributed by atoms with Gasteiger partial charge in [0.05, 0.1) is 6.42 Å². The Morgan fingerprint density at radius 2 is 2.15 bits per heavy atom. The molecule has 2 N–H and O–H groups in total. The summed E-state index contributed by atoms with van der Waals surface area (Å²) in [5.41, 5.74) is 2.37. The lowest BCUT2D eigenvalue weighted by atomic mass is 10.0. The molecule has 0 aliphatic carbocycles. The van der Waals surface area contributed by atoms with Gasteiger partial charge in [-0.2, -0.15) is 5.10 Å². The molecule has 144 valence electrons. The van der Waals surface area contributed by atoms with Gasteiger partial charge in [-0.25, -0.2) is 4.39 Å². The number of rotatable bonds is 6. The average molecular weight is 372 g/mol. The fourth-order valence-electron chi connectivity index (χ4n) is 3.11. The standard InChI is InChI=1S/C20H25FN4O2/c1-3-13(2)11-22-20(27)19-15-12-25(9-8-17(15)23-24-19)18(26)10-14-6-4-5-7-16(14)21/h4-7,13H,3,8-12H2,1-2H3,(H,22,27)(H,23,24). The Balaban J connectivity index is 1.68. The number of halogens is 1. The highest BCUT2D eigenvalue weighted by atomic mass is 19.1. The molecule has 1 aromatic carbocycles. The van der Waals surface area contributed by atoms with Crippen molar-refractivity contribution in [1.82, 2.24) is 20.4 Å². The third kappa shape index (κ3) is 4.35. The van der Waals surface area contributed by atoms with Crippen LogP contribution in [0.4, 0.5) is 4.39 Å². The summed E-state index contributed by atoms with van der Waals surface area (Å²) >= 11 is 0. The number of nitrogens with one attached hydrogen (secondary N) is 2. The Hall–Kier alpha value is -2.70. The molecule has 1 atom stereocenters. The van der Waals surface area contributed by atoms with Crippen LogP contribution in [-0.4, -0.2) is 40.0 Å². The maximum Gasteiger partial charge on any atom is 0.272 e. The maximum absolute atomic E-state index is 13.8. The second-order valence-electron chi connectivity index (χ2n) is 7.09. The summed E-state index contributed by atoms with van der Waals surface area (Å²) in [5.74, 6) is -0.367. The van der Waals surface area contributed by atoms with Gasteiger partial charge in [-0.3, -0.25) is 14.7 Å². The molecule has 2 amide bonds. The van der Waals surface area contributed by atoms with E-state index >= 15 is 0 Å². The molecule has 1 aliphatic heterocycles. The monoisotopic (exact) mass is 372 g/mol. The van der Waals surface area contributed by atoms with Crippen LogP contribution in [0.2, 0.25) is 0 Å². The van der Waals surface area contributed by atoms with Gasteiger partial charge >= 0.3 is 0 Å². The van der Waals surface area contributed by atoms with E-state index in [4.69, 9.17) is 0 Å². The molecule has 0 saturated heterocycles. The molecule has 0 fully saturated rings. The van der Waals surface area contributed by atoms with Crippen LogP contribution in [0.3, 0.4) is 0 Å². The van der Waals surface area contributed by atoms with Crippen LogP contribution in [0.25, 0.3) is 0 Å². The molecule has 6 nitrogen and oxygen atoms in total. The average Bonchev–Trinajstić information content (AvgIpc) is 3.10. The van der Waals surface area contributed by atoms with Crippen LogP contribution >= 0.6 is 0 Å². The topological polar surface area (TPSA) is 78.1 Å². The summed E-state index contributed by atoms with van der Waals surface area (Å²) in [6.45, 7) is 5.57. The molecular weight excluding hydrogens is 347 g/mol. The number of nitrogens with zero attached hydrogens (tertiary/aromatic N) is 2. The van der Waals surface area contributed by atoms with E-state index in [-0.39, 0.29) is 24.1 Å². The highest BCUT2D eigenvalue weighted by Gasteiger charge is 2.28. The number of hydrogen-bond donors (Lipinski definition) is 2. The van der Waals surface area contributed by atoms with Gasteiger partial charge in [0.1, 0.15) is 5.82 Å². The molecule has 1 aromatic heterocycles. The smallest absolute Gasteiger partial charge is 0.272 e. The molecule has 0 saturated carbocycles.